The standard InChI is InChI=1S/C10H10N2O5/c1-3-7(13)11-5(2)10(16)17-6-4-8(14)12-9(6)15/h3,6H,1-2,4H2,(H,11,13)(H,12,14,15). The molecule has 1 aliphatic heterocycles. The van der Waals surface area contributed by atoms with Crippen molar-refractivity contribution in [1.29, 1.82) is 0 Å². The van der Waals surface area contributed by atoms with Crippen LogP contribution in [0.15, 0.2) is 24.9 Å². The topological polar surface area (TPSA) is 102 Å². The second kappa shape index (κ2) is 5.06. The first-order valence-electron chi connectivity index (χ1n) is 4.61. The Morgan fingerprint density at radius 2 is 2.12 bits per heavy atom. The van der Waals surface area contributed by atoms with Crippen molar-refractivity contribution in [2.75, 3.05) is 0 Å². The maximum absolute atomic E-state index is 11.3. The first kappa shape index (κ1) is 12.6. The van der Waals surface area contributed by atoms with Gasteiger partial charge in [-0.2, -0.15) is 0 Å². The lowest BCUT2D eigenvalue weighted by atomic mass is 10.3. The molecule has 0 radical (unpaired) electrons. The van der Waals surface area contributed by atoms with Crippen LogP contribution in [0.4, 0.5) is 0 Å². The third-order valence-electron chi connectivity index (χ3n) is 1.88. The van der Waals surface area contributed by atoms with Crippen molar-refractivity contribution in [3.8, 4) is 0 Å². The smallest absolute Gasteiger partial charge is 0.355 e. The number of amides is 3. The average molecular weight is 238 g/mol. The van der Waals surface area contributed by atoms with Crippen LogP contribution in [0, 0.1) is 0 Å². The minimum absolute atomic E-state index is 0.229. The first-order chi connectivity index (χ1) is 7.93. The molecule has 7 heteroatoms. The summed E-state index contributed by atoms with van der Waals surface area (Å²) in [5.74, 6) is -2.81. The van der Waals surface area contributed by atoms with Gasteiger partial charge in [-0.15, -0.1) is 0 Å². The third kappa shape index (κ3) is 3.26. The minimum atomic E-state index is -1.17. The van der Waals surface area contributed by atoms with Crippen molar-refractivity contribution in [3.63, 3.8) is 0 Å². The Labute approximate surface area is 96.5 Å². The maximum Gasteiger partial charge on any atom is 0.355 e. The SMILES string of the molecule is C=CC(=O)NC(=C)C(=O)OC1CC(=O)NC1=O. The lowest BCUT2D eigenvalue weighted by Crippen LogP contribution is -2.32. The number of imide groups is 1. The summed E-state index contributed by atoms with van der Waals surface area (Å²) >= 11 is 0. The molecule has 0 saturated carbocycles. The van der Waals surface area contributed by atoms with Gasteiger partial charge in [0.2, 0.25) is 11.8 Å². The zero-order chi connectivity index (χ0) is 13.0. The monoisotopic (exact) mass is 238 g/mol. The Balaban J connectivity index is 2.52. The Morgan fingerprint density at radius 3 is 2.59 bits per heavy atom. The highest BCUT2D eigenvalue weighted by Crippen LogP contribution is 2.08. The van der Waals surface area contributed by atoms with Crippen LogP contribution in [-0.4, -0.2) is 29.8 Å². The van der Waals surface area contributed by atoms with Crippen molar-refractivity contribution in [1.82, 2.24) is 10.6 Å². The van der Waals surface area contributed by atoms with E-state index < -0.39 is 29.8 Å². The molecule has 0 aromatic heterocycles. The molecule has 3 amide bonds. The Kier molecular flexibility index (Phi) is 3.76. The molecule has 1 unspecified atom stereocenters. The van der Waals surface area contributed by atoms with Gasteiger partial charge < -0.3 is 10.1 Å². The molecule has 1 heterocycles. The zero-order valence-electron chi connectivity index (χ0n) is 8.82. The molecule has 0 aromatic carbocycles. The van der Waals surface area contributed by atoms with Gasteiger partial charge in [0.1, 0.15) is 5.70 Å². The highest BCUT2D eigenvalue weighted by molar-refractivity contribution is 6.06. The molecule has 0 spiro atoms. The van der Waals surface area contributed by atoms with Crippen LogP contribution in [0.2, 0.25) is 0 Å². The highest BCUT2D eigenvalue weighted by atomic mass is 16.5. The third-order valence-corrected chi connectivity index (χ3v) is 1.88. The molecule has 0 aromatic rings. The molecule has 1 rings (SSSR count). The van der Waals surface area contributed by atoms with E-state index in [-0.39, 0.29) is 12.1 Å². The van der Waals surface area contributed by atoms with E-state index in [0.29, 0.717) is 0 Å². The first-order valence-corrected chi connectivity index (χ1v) is 4.61. The highest BCUT2D eigenvalue weighted by Gasteiger charge is 2.34. The number of hydrogen-bond acceptors (Lipinski definition) is 5. The average Bonchev–Trinajstić information content (AvgIpc) is 2.57. The van der Waals surface area contributed by atoms with E-state index in [1.807, 2.05) is 5.32 Å². The second-order valence-electron chi connectivity index (χ2n) is 3.18. The molecule has 2 N–H and O–H groups in total. The van der Waals surface area contributed by atoms with E-state index in [1.54, 1.807) is 0 Å². The van der Waals surface area contributed by atoms with Gasteiger partial charge in [0, 0.05) is 0 Å². The lowest BCUT2D eigenvalue weighted by Gasteiger charge is -2.10. The predicted molar refractivity (Wildman–Crippen MR) is 55.1 cm³/mol. The second-order valence-corrected chi connectivity index (χ2v) is 3.18. The minimum Gasteiger partial charge on any atom is -0.447 e. The quantitative estimate of drug-likeness (QED) is 0.362. The summed E-state index contributed by atoms with van der Waals surface area (Å²) in [5, 5.41) is 4.06. The van der Waals surface area contributed by atoms with E-state index in [4.69, 9.17) is 0 Å². The molecule has 90 valence electrons. The molecule has 1 fully saturated rings. The van der Waals surface area contributed by atoms with Crippen molar-refractivity contribution < 1.29 is 23.9 Å². The largest absolute Gasteiger partial charge is 0.447 e. The van der Waals surface area contributed by atoms with E-state index in [2.05, 4.69) is 23.2 Å². The number of nitrogens with one attached hydrogen (secondary N) is 2. The van der Waals surface area contributed by atoms with Gasteiger partial charge in [-0.05, 0) is 6.08 Å². The van der Waals surface area contributed by atoms with Crippen molar-refractivity contribution >= 4 is 23.7 Å². The number of ether oxygens (including phenoxy) is 1. The van der Waals surface area contributed by atoms with Gasteiger partial charge in [0.15, 0.2) is 6.10 Å². The summed E-state index contributed by atoms with van der Waals surface area (Å²) in [4.78, 5) is 44.1. The van der Waals surface area contributed by atoms with Crippen molar-refractivity contribution in [2.24, 2.45) is 0 Å². The van der Waals surface area contributed by atoms with E-state index in [0.717, 1.165) is 6.08 Å². The van der Waals surface area contributed by atoms with Gasteiger partial charge in [0.05, 0.1) is 6.42 Å². The Morgan fingerprint density at radius 1 is 1.47 bits per heavy atom. The van der Waals surface area contributed by atoms with Crippen molar-refractivity contribution in [3.05, 3.63) is 24.9 Å². The fourth-order valence-corrected chi connectivity index (χ4v) is 1.08. The van der Waals surface area contributed by atoms with Crippen LogP contribution < -0.4 is 10.6 Å². The summed E-state index contributed by atoms with van der Waals surface area (Å²) in [7, 11) is 0. The summed E-state index contributed by atoms with van der Waals surface area (Å²) in [6.07, 6.45) is -0.454. The molecule has 17 heavy (non-hydrogen) atoms. The molecule has 0 aliphatic carbocycles. The summed E-state index contributed by atoms with van der Waals surface area (Å²) in [6.45, 7) is 6.44. The molecule has 1 aliphatic rings. The predicted octanol–water partition coefficient (Wildman–Crippen LogP) is -1.24. The number of carbonyl (C=O) groups is 4. The van der Waals surface area contributed by atoms with Gasteiger partial charge in [-0.25, -0.2) is 4.79 Å². The molecular formula is C10H10N2O5. The fourth-order valence-electron chi connectivity index (χ4n) is 1.08. The number of hydrogen-bond donors (Lipinski definition) is 2. The van der Waals surface area contributed by atoms with Crippen LogP contribution in [0.25, 0.3) is 0 Å². The number of rotatable bonds is 4. The molecule has 1 saturated heterocycles. The molecular weight excluding hydrogens is 228 g/mol. The van der Waals surface area contributed by atoms with Crippen LogP contribution >= 0.6 is 0 Å². The molecule has 1 atom stereocenters. The van der Waals surface area contributed by atoms with Crippen LogP contribution in [0.3, 0.4) is 0 Å². The van der Waals surface area contributed by atoms with E-state index in [9.17, 15) is 19.2 Å². The van der Waals surface area contributed by atoms with Gasteiger partial charge in [-0.3, -0.25) is 19.7 Å². The summed E-state index contributed by atoms with van der Waals surface area (Å²) in [5.41, 5.74) is -0.331. The Hall–Kier alpha value is -2.44. The van der Waals surface area contributed by atoms with Gasteiger partial charge in [-0.1, -0.05) is 13.2 Å². The molecule has 0 bridgehead atoms. The lowest BCUT2D eigenvalue weighted by molar-refractivity contribution is -0.150. The zero-order valence-corrected chi connectivity index (χ0v) is 8.82. The van der Waals surface area contributed by atoms with Gasteiger partial charge >= 0.3 is 5.97 Å². The Bertz CT molecular complexity index is 426. The fraction of sp³-hybridized carbons (Fsp3) is 0.200. The maximum atomic E-state index is 11.3. The van der Waals surface area contributed by atoms with E-state index >= 15 is 0 Å². The number of carbonyl (C=O) groups excluding carboxylic acids is 4. The van der Waals surface area contributed by atoms with Gasteiger partial charge in [0.25, 0.3) is 5.91 Å². The van der Waals surface area contributed by atoms with Crippen LogP contribution in [0.5, 0.6) is 0 Å². The summed E-state index contributed by atoms with van der Waals surface area (Å²) in [6, 6.07) is 0. The normalized spacial score (nSPS) is 18.2. The summed E-state index contributed by atoms with van der Waals surface area (Å²) < 4.78 is 4.68. The van der Waals surface area contributed by atoms with Crippen LogP contribution in [0.1, 0.15) is 6.42 Å². The van der Waals surface area contributed by atoms with Crippen LogP contribution in [-0.2, 0) is 23.9 Å². The molecule has 7 nitrogen and oxygen atoms in total. The number of esters is 1. The van der Waals surface area contributed by atoms with E-state index in [1.165, 1.54) is 0 Å². The van der Waals surface area contributed by atoms with Crippen molar-refractivity contribution in [2.45, 2.75) is 12.5 Å².